The van der Waals surface area contributed by atoms with Crippen LogP contribution in [0.15, 0.2) is 34.9 Å². The average Bonchev–Trinajstić information content (AvgIpc) is 3.17. The van der Waals surface area contributed by atoms with E-state index in [-0.39, 0.29) is 17.3 Å². The standard InChI is InChI=1S/C17H20N4O4/c22-15(16-19-14(20-25-16)13-4-2-1-3-5-13)18-10-17-11-23-8-6-21(17)7-9-24-12-17/h1-5H,6-12H2,(H,18,22). The molecule has 8 nitrogen and oxygen atoms in total. The highest BCUT2D eigenvalue weighted by molar-refractivity contribution is 5.89. The predicted molar refractivity (Wildman–Crippen MR) is 88.0 cm³/mol. The van der Waals surface area contributed by atoms with Crippen LogP contribution in [-0.4, -0.2) is 72.5 Å². The highest BCUT2D eigenvalue weighted by atomic mass is 16.5. The third-order valence-electron chi connectivity index (χ3n) is 4.65. The number of hydrogen-bond donors (Lipinski definition) is 1. The minimum Gasteiger partial charge on any atom is -0.378 e. The number of morpholine rings is 2. The zero-order chi connectivity index (χ0) is 17.1. The molecule has 2 aliphatic rings. The van der Waals surface area contributed by atoms with E-state index < -0.39 is 0 Å². The van der Waals surface area contributed by atoms with Crippen molar-refractivity contribution in [1.29, 1.82) is 0 Å². The molecule has 132 valence electrons. The third-order valence-corrected chi connectivity index (χ3v) is 4.65. The zero-order valence-corrected chi connectivity index (χ0v) is 13.8. The lowest BCUT2D eigenvalue weighted by molar-refractivity contribution is -0.139. The van der Waals surface area contributed by atoms with Crippen molar-refractivity contribution in [3.63, 3.8) is 0 Å². The van der Waals surface area contributed by atoms with Gasteiger partial charge in [0, 0.05) is 25.2 Å². The first kappa shape index (κ1) is 16.2. The van der Waals surface area contributed by atoms with Crippen molar-refractivity contribution in [3.8, 4) is 11.4 Å². The van der Waals surface area contributed by atoms with E-state index in [1.165, 1.54) is 0 Å². The molecule has 1 aromatic heterocycles. The van der Waals surface area contributed by atoms with Gasteiger partial charge in [-0.05, 0) is 0 Å². The van der Waals surface area contributed by atoms with Crippen molar-refractivity contribution >= 4 is 5.91 Å². The molecule has 1 aromatic carbocycles. The maximum atomic E-state index is 12.4. The summed E-state index contributed by atoms with van der Waals surface area (Å²) in [5.41, 5.74) is 0.477. The fraction of sp³-hybridized carbons (Fsp3) is 0.471. The summed E-state index contributed by atoms with van der Waals surface area (Å²) in [4.78, 5) is 18.9. The summed E-state index contributed by atoms with van der Waals surface area (Å²) >= 11 is 0. The first-order chi connectivity index (χ1) is 12.3. The van der Waals surface area contributed by atoms with Crippen LogP contribution in [0.1, 0.15) is 10.7 Å². The summed E-state index contributed by atoms with van der Waals surface area (Å²) in [6.45, 7) is 4.59. The van der Waals surface area contributed by atoms with Crippen molar-refractivity contribution < 1.29 is 18.8 Å². The van der Waals surface area contributed by atoms with Gasteiger partial charge in [-0.2, -0.15) is 4.98 Å². The van der Waals surface area contributed by atoms with Gasteiger partial charge in [0.05, 0.1) is 32.0 Å². The minimum atomic E-state index is -0.389. The summed E-state index contributed by atoms with van der Waals surface area (Å²) < 4.78 is 16.3. The number of amides is 1. The normalized spacial score (nSPS) is 20.0. The van der Waals surface area contributed by atoms with Crippen molar-refractivity contribution in [1.82, 2.24) is 20.4 Å². The Morgan fingerprint density at radius 1 is 1.16 bits per heavy atom. The Labute approximate surface area is 145 Å². The smallest absolute Gasteiger partial charge is 0.316 e. The van der Waals surface area contributed by atoms with Gasteiger partial charge in [0.15, 0.2) is 0 Å². The fourth-order valence-corrected chi connectivity index (χ4v) is 3.24. The number of hydrogen-bond acceptors (Lipinski definition) is 7. The summed E-state index contributed by atoms with van der Waals surface area (Å²) in [7, 11) is 0. The minimum absolute atomic E-state index is 0.0461. The van der Waals surface area contributed by atoms with Gasteiger partial charge in [0.2, 0.25) is 5.82 Å². The molecule has 8 heteroatoms. The van der Waals surface area contributed by atoms with Gasteiger partial charge < -0.3 is 19.3 Å². The number of fused-ring (bicyclic) bond motifs is 1. The van der Waals surface area contributed by atoms with Crippen LogP contribution in [0.3, 0.4) is 0 Å². The summed E-state index contributed by atoms with van der Waals surface area (Å²) in [5, 5.41) is 6.76. The molecule has 3 heterocycles. The van der Waals surface area contributed by atoms with Gasteiger partial charge in [-0.15, -0.1) is 0 Å². The maximum Gasteiger partial charge on any atom is 0.316 e. The van der Waals surface area contributed by atoms with E-state index in [4.69, 9.17) is 14.0 Å². The Balaban J connectivity index is 1.43. The quantitative estimate of drug-likeness (QED) is 0.867. The second kappa shape index (κ2) is 6.91. The van der Waals surface area contributed by atoms with Crippen molar-refractivity contribution in [2.45, 2.75) is 5.54 Å². The van der Waals surface area contributed by atoms with Crippen molar-refractivity contribution in [2.24, 2.45) is 0 Å². The Morgan fingerprint density at radius 2 is 1.88 bits per heavy atom. The van der Waals surface area contributed by atoms with Crippen molar-refractivity contribution in [3.05, 3.63) is 36.2 Å². The number of nitrogens with one attached hydrogen (secondary N) is 1. The Hall–Kier alpha value is -2.29. The van der Waals surface area contributed by atoms with Gasteiger partial charge in [-0.25, -0.2) is 0 Å². The van der Waals surface area contributed by atoms with Crippen LogP contribution in [0.2, 0.25) is 0 Å². The van der Waals surface area contributed by atoms with Crippen LogP contribution in [0.4, 0.5) is 0 Å². The molecule has 4 rings (SSSR count). The predicted octanol–water partition coefficient (Wildman–Crippen LogP) is 0.568. The van der Waals surface area contributed by atoms with E-state index in [9.17, 15) is 4.79 Å². The summed E-state index contributed by atoms with van der Waals surface area (Å²) in [6, 6.07) is 9.39. The molecule has 1 amide bonds. The number of nitrogens with zero attached hydrogens (tertiary/aromatic N) is 3. The lowest BCUT2D eigenvalue weighted by Crippen LogP contribution is -2.67. The van der Waals surface area contributed by atoms with E-state index in [1.807, 2.05) is 30.3 Å². The van der Waals surface area contributed by atoms with E-state index in [0.29, 0.717) is 38.8 Å². The Morgan fingerprint density at radius 3 is 2.60 bits per heavy atom. The highest BCUT2D eigenvalue weighted by Crippen LogP contribution is 2.23. The second-order valence-corrected chi connectivity index (χ2v) is 6.29. The van der Waals surface area contributed by atoms with E-state index in [0.717, 1.165) is 18.7 Å². The fourth-order valence-electron chi connectivity index (χ4n) is 3.24. The van der Waals surface area contributed by atoms with Crippen molar-refractivity contribution in [2.75, 3.05) is 46.1 Å². The molecule has 1 N–H and O–H groups in total. The summed E-state index contributed by atoms with van der Waals surface area (Å²) in [5.74, 6) is -0.0389. The molecule has 0 radical (unpaired) electrons. The zero-order valence-electron chi connectivity index (χ0n) is 13.8. The number of benzene rings is 1. The number of rotatable bonds is 4. The van der Waals surface area contributed by atoms with Gasteiger partial charge in [-0.1, -0.05) is 35.5 Å². The Bertz CT molecular complexity index is 721. The van der Waals surface area contributed by atoms with E-state index in [1.54, 1.807) is 0 Å². The number of aromatic nitrogens is 2. The molecule has 0 saturated carbocycles. The molecule has 2 saturated heterocycles. The lowest BCUT2D eigenvalue weighted by Gasteiger charge is -2.49. The summed E-state index contributed by atoms with van der Waals surface area (Å²) in [6.07, 6.45) is 0. The van der Waals surface area contributed by atoms with Crippen LogP contribution in [0.5, 0.6) is 0 Å². The van der Waals surface area contributed by atoms with Gasteiger partial charge in [0.1, 0.15) is 0 Å². The molecule has 2 aromatic rings. The molecular weight excluding hydrogens is 324 g/mol. The number of carbonyl (C=O) groups is 1. The van der Waals surface area contributed by atoms with Crippen LogP contribution in [0.25, 0.3) is 11.4 Å². The maximum absolute atomic E-state index is 12.4. The second-order valence-electron chi connectivity index (χ2n) is 6.29. The van der Waals surface area contributed by atoms with Gasteiger partial charge in [-0.3, -0.25) is 9.69 Å². The van der Waals surface area contributed by atoms with E-state index in [2.05, 4.69) is 20.4 Å². The van der Waals surface area contributed by atoms with Crippen LogP contribution in [0, 0.1) is 0 Å². The van der Waals surface area contributed by atoms with Crippen LogP contribution in [-0.2, 0) is 9.47 Å². The SMILES string of the molecule is O=C(NCC12COCCN1CCOC2)c1nc(-c2ccccc2)no1. The number of carbonyl (C=O) groups excluding carboxylic acids is 1. The largest absolute Gasteiger partial charge is 0.378 e. The molecular formula is C17H20N4O4. The molecule has 0 bridgehead atoms. The highest BCUT2D eigenvalue weighted by Gasteiger charge is 2.42. The van der Waals surface area contributed by atoms with Gasteiger partial charge in [0.25, 0.3) is 0 Å². The van der Waals surface area contributed by atoms with E-state index >= 15 is 0 Å². The van der Waals surface area contributed by atoms with Crippen LogP contribution < -0.4 is 5.32 Å². The molecule has 0 spiro atoms. The molecule has 2 aliphatic heterocycles. The average molecular weight is 344 g/mol. The van der Waals surface area contributed by atoms with Gasteiger partial charge >= 0.3 is 11.8 Å². The molecule has 0 atom stereocenters. The van der Waals surface area contributed by atoms with Crippen LogP contribution >= 0.6 is 0 Å². The lowest BCUT2D eigenvalue weighted by atomic mass is 9.96. The molecule has 0 unspecified atom stereocenters. The molecule has 25 heavy (non-hydrogen) atoms. The number of ether oxygens (including phenoxy) is 2. The Kier molecular flexibility index (Phi) is 4.48. The molecule has 2 fully saturated rings. The first-order valence-electron chi connectivity index (χ1n) is 8.35. The first-order valence-corrected chi connectivity index (χ1v) is 8.35. The third kappa shape index (κ3) is 3.28. The monoisotopic (exact) mass is 344 g/mol. The molecule has 0 aliphatic carbocycles. The topological polar surface area (TPSA) is 89.7 Å².